The molecule has 3 aliphatic carbocycles. The Bertz CT molecular complexity index is 747. The van der Waals surface area contributed by atoms with E-state index >= 15 is 0 Å². The molecule has 22 heavy (non-hydrogen) atoms. The van der Waals surface area contributed by atoms with Crippen LogP contribution in [0.1, 0.15) is 29.3 Å². The summed E-state index contributed by atoms with van der Waals surface area (Å²) in [6.45, 7) is 2.12. The van der Waals surface area contributed by atoms with E-state index in [2.05, 4.69) is 13.0 Å². The highest BCUT2D eigenvalue weighted by Crippen LogP contribution is 2.79. The van der Waals surface area contributed by atoms with Gasteiger partial charge < -0.3 is 14.2 Å². The van der Waals surface area contributed by atoms with Gasteiger partial charge in [0.1, 0.15) is 0 Å². The molecule has 4 nitrogen and oxygen atoms in total. The maximum atomic E-state index is 13.2. The van der Waals surface area contributed by atoms with Gasteiger partial charge in [0.05, 0.1) is 0 Å². The fraction of sp³-hybridized carbons (Fsp3) is 0.500. The van der Waals surface area contributed by atoms with Gasteiger partial charge in [-0.1, -0.05) is 35.9 Å². The molecule has 0 aromatic heterocycles. The normalized spacial score (nSPS) is 42.5. The fourth-order valence-electron chi connectivity index (χ4n) is 5.52. The average Bonchev–Trinajstić information content (AvgIpc) is 3.04. The van der Waals surface area contributed by atoms with Crippen molar-refractivity contribution in [2.45, 2.75) is 30.3 Å². The third kappa shape index (κ3) is 0.945. The van der Waals surface area contributed by atoms with E-state index in [0.717, 1.165) is 12.0 Å². The number of Topliss-reactive ketones (excluding diaryl/α,β-unsaturated/α-hetero) is 1. The number of ether oxygens (including phenoxy) is 3. The summed E-state index contributed by atoms with van der Waals surface area (Å²) >= 11 is 0. The number of carbonyl (C=O) groups excluding carboxylic acids is 1. The molecule has 4 aliphatic rings. The average molecular weight is 298 g/mol. The van der Waals surface area contributed by atoms with Crippen LogP contribution < -0.4 is 0 Å². The topological polar surface area (TPSA) is 48.1 Å². The Morgan fingerprint density at radius 1 is 1.23 bits per heavy atom. The molecule has 2 fully saturated rings. The third-order valence-corrected chi connectivity index (χ3v) is 6.28. The van der Waals surface area contributed by atoms with Crippen LogP contribution in [0.25, 0.3) is 0 Å². The summed E-state index contributed by atoms with van der Waals surface area (Å²) in [6, 6.07) is 7.58. The van der Waals surface area contributed by atoms with Gasteiger partial charge in [0.25, 0.3) is 0 Å². The van der Waals surface area contributed by atoms with Crippen molar-refractivity contribution in [3.63, 3.8) is 0 Å². The van der Waals surface area contributed by atoms with E-state index in [0.29, 0.717) is 5.56 Å². The maximum absolute atomic E-state index is 13.2. The van der Waals surface area contributed by atoms with Crippen molar-refractivity contribution >= 4 is 5.78 Å². The Balaban J connectivity index is 1.87. The fourth-order valence-corrected chi connectivity index (χ4v) is 5.52. The van der Waals surface area contributed by atoms with Gasteiger partial charge in [0.2, 0.25) is 5.79 Å². The molecule has 1 aliphatic heterocycles. The molecule has 1 saturated carbocycles. The first-order valence-corrected chi connectivity index (χ1v) is 7.72. The molecule has 0 radical (unpaired) electrons. The standard InChI is InChI=1S/C18H18O4/c1-10-8-11-9-14(10)17-16(11,22-17)15(19)12-6-4-5-7-13(12)18(17,20-2)21-3/h4-8,11,14H,9H2,1-3H3/t11-,14-,16+,17+/m1/s1. The van der Waals surface area contributed by atoms with Gasteiger partial charge in [-0.2, -0.15) is 0 Å². The monoisotopic (exact) mass is 298 g/mol. The highest BCUT2D eigenvalue weighted by molar-refractivity contribution is 6.10. The second-order valence-electron chi connectivity index (χ2n) is 6.78. The van der Waals surface area contributed by atoms with Crippen LogP contribution in [0.4, 0.5) is 0 Å². The van der Waals surface area contributed by atoms with Crippen molar-refractivity contribution in [2.24, 2.45) is 11.8 Å². The van der Waals surface area contributed by atoms with Gasteiger partial charge in [-0.05, 0) is 13.3 Å². The van der Waals surface area contributed by atoms with E-state index in [1.165, 1.54) is 5.57 Å². The first kappa shape index (κ1) is 13.0. The molecular formula is C18H18O4. The minimum atomic E-state index is -1.02. The zero-order valence-corrected chi connectivity index (χ0v) is 12.9. The van der Waals surface area contributed by atoms with Crippen molar-refractivity contribution in [2.75, 3.05) is 14.2 Å². The number of rotatable bonds is 2. The molecule has 1 saturated heterocycles. The van der Waals surface area contributed by atoms with Gasteiger partial charge >= 0.3 is 0 Å². The lowest BCUT2D eigenvalue weighted by Gasteiger charge is -2.43. The Hall–Kier alpha value is -1.49. The van der Waals surface area contributed by atoms with Crippen LogP contribution in [0.2, 0.25) is 0 Å². The largest absolute Gasteiger partial charge is 0.347 e. The summed E-state index contributed by atoms with van der Waals surface area (Å²) in [5, 5.41) is 0. The van der Waals surface area contributed by atoms with Crippen LogP contribution in [-0.2, 0) is 20.0 Å². The SMILES string of the molecule is COC1(OC)c2ccccc2C(=O)[C@]23O[C@]12[C@@H]1C[C@H]3C=C1C. The summed E-state index contributed by atoms with van der Waals surface area (Å²) in [4.78, 5) is 13.2. The lowest BCUT2D eigenvalue weighted by Crippen LogP contribution is -2.58. The summed E-state index contributed by atoms with van der Waals surface area (Å²) < 4.78 is 18.1. The van der Waals surface area contributed by atoms with Crippen molar-refractivity contribution in [3.8, 4) is 0 Å². The Morgan fingerprint density at radius 3 is 2.68 bits per heavy atom. The number of fused-ring (bicyclic) bond motifs is 3. The predicted molar refractivity (Wildman–Crippen MR) is 78.4 cm³/mol. The molecule has 0 unspecified atom stereocenters. The number of ketones is 1. The second-order valence-corrected chi connectivity index (χ2v) is 6.78. The molecule has 0 amide bonds. The van der Waals surface area contributed by atoms with E-state index in [9.17, 15) is 4.79 Å². The number of epoxide rings is 1. The summed E-state index contributed by atoms with van der Waals surface area (Å²) in [7, 11) is 3.28. The molecule has 1 heterocycles. The van der Waals surface area contributed by atoms with Gasteiger partial charge in [-0.15, -0.1) is 0 Å². The van der Waals surface area contributed by atoms with E-state index in [1.54, 1.807) is 14.2 Å². The zero-order valence-electron chi connectivity index (χ0n) is 12.9. The maximum Gasteiger partial charge on any atom is 0.229 e. The molecule has 1 aromatic rings. The van der Waals surface area contributed by atoms with E-state index in [1.807, 2.05) is 24.3 Å². The number of hydrogen-bond donors (Lipinski definition) is 0. The highest BCUT2D eigenvalue weighted by Gasteiger charge is 2.94. The van der Waals surface area contributed by atoms with Crippen molar-refractivity contribution in [1.29, 1.82) is 0 Å². The summed E-state index contributed by atoms with van der Waals surface area (Å²) in [5.41, 5.74) is 1.23. The van der Waals surface area contributed by atoms with Crippen LogP contribution in [0, 0.1) is 11.8 Å². The quantitative estimate of drug-likeness (QED) is 0.478. The van der Waals surface area contributed by atoms with Crippen LogP contribution in [-0.4, -0.2) is 31.2 Å². The van der Waals surface area contributed by atoms with Crippen LogP contribution >= 0.6 is 0 Å². The van der Waals surface area contributed by atoms with Gasteiger partial charge in [0.15, 0.2) is 17.0 Å². The molecule has 0 spiro atoms. The van der Waals surface area contributed by atoms with Crippen LogP contribution in [0.15, 0.2) is 35.9 Å². The van der Waals surface area contributed by atoms with Crippen LogP contribution in [0.3, 0.4) is 0 Å². The first-order valence-electron chi connectivity index (χ1n) is 7.72. The van der Waals surface area contributed by atoms with Gasteiger partial charge in [0, 0.05) is 37.2 Å². The van der Waals surface area contributed by atoms with Crippen molar-refractivity contribution < 1.29 is 19.0 Å². The number of carbonyl (C=O) groups is 1. The Kier molecular flexibility index (Phi) is 2.09. The third-order valence-electron chi connectivity index (χ3n) is 6.28. The summed E-state index contributed by atoms with van der Waals surface area (Å²) in [6.07, 6.45) is 3.15. The van der Waals surface area contributed by atoms with Gasteiger partial charge in [-0.3, -0.25) is 4.79 Å². The zero-order chi connectivity index (χ0) is 15.3. The molecule has 4 atom stereocenters. The predicted octanol–water partition coefficient (Wildman–Crippen LogP) is 2.43. The molecule has 114 valence electrons. The minimum absolute atomic E-state index is 0.0871. The van der Waals surface area contributed by atoms with E-state index in [-0.39, 0.29) is 17.6 Å². The van der Waals surface area contributed by atoms with Gasteiger partial charge in [-0.25, -0.2) is 0 Å². The molecule has 1 aromatic carbocycles. The second kappa shape index (κ2) is 3.53. The Labute approximate surface area is 129 Å². The summed E-state index contributed by atoms with van der Waals surface area (Å²) in [5.74, 6) is -0.631. The van der Waals surface area contributed by atoms with Crippen LogP contribution in [0.5, 0.6) is 0 Å². The van der Waals surface area contributed by atoms with E-state index < -0.39 is 17.0 Å². The molecular weight excluding hydrogens is 280 g/mol. The lowest BCUT2D eigenvalue weighted by atomic mass is 9.65. The first-order chi connectivity index (χ1) is 10.6. The lowest BCUT2D eigenvalue weighted by molar-refractivity contribution is -0.264. The van der Waals surface area contributed by atoms with E-state index in [4.69, 9.17) is 14.2 Å². The highest BCUT2D eigenvalue weighted by atomic mass is 16.8. The molecule has 2 bridgehead atoms. The molecule has 4 heteroatoms. The number of methoxy groups -OCH3 is 2. The molecule has 5 rings (SSSR count). The van der Waals surface area contributed by atoms with Crippen molar-refractivity contribution in [1.82, 2.24) is 0 Å². The number of hydrogen-bond acceptors (Lipinski definition) is 4. The Morgan fingerprint density at radius 2 is 1.95 bits per heavy atom. The van der Waals surface area contributed by atoms with Crippen molar-refractivity contribution in [3.05, 3.63) is 47.0 Å². The smallest absolute Gasteiger partial charge is 0.229 e. The number of benzene rings is 1. The minimum Gasteiger partial charge on any atom is -0.347 e. The molecule has 0 N–H and O–H groups in total.